The summed E-state index contributed by atoms with van der Waals surface area (Å²) in [5, 5.41) is 16.4. The minimum Gasteiger partial charge on any atom is -0.473 e. The molecule has 30 heavy (non-hydrogen) atoms. The van der Waals surface area contributed by atoms with E-state index in [9.17, 15) is 4.79 Å². The van der Waals surface area contributed by atoms with Crippen molar-refractivity contribution < 1.29 is 14.7 Å². The van der Waals surface area contributed by atoms with Gasteiger partial charge in [-0.05, 0) is 38.5 Å². The van der Waals surface area contributed by atoms with Gasteiger partial charge in [-0.3, -0.25) is 14.7 Å². The molecule has 164 valence electrons. The summed E-state index contributed by atoms with van der Waals surface area (Å²) in [5.74, 6) is 0.504. The van der Waals surface area contributed by atoms with Gasteiger partial charge >= 0.3 is 0 Å². The molecule has 2 heterocycles. The molecular formula is C20H29ClN6O3. The zero-order valence-corrected chi connectivity index (χ0v) is 17.8. The third-order valence-electron chi connectivity index (χ3n) is 5.10. The van der Waals surface area contributed by atoms with Gasteiger partial charge < -0.3 is 10.1 Å². The Labute approximate surface area is 181 Å². The zero-order valence-electron chi connectivity index (χ0n) is 17.0. The van der Waals surface area contributed by atoms with E-state index < -0.39 is 0 Å². The van der Waals surface area contributed by atoms with E-state index in [0.717, 1.165) is 50.8 Å². The van der Waals surface area contributed by atoms with Gasteiger partial charge in [-0.1, -0.05) is 30.9 Å². The van der Waals surface area contributed by atoms with Gasteiger partial charge in [-0.2, -0.15) is 10.1 Å². The molecule has 0 unspecified atom stereocenters. The summed E-state index contributed by atoms with van der Waals surface area (Å²) < 4.78 is 7.85. The van der Waals surface area contributed by atoms with Crippen LogP contribution in [0, 0.1) is 0 Å². The summed E-state index contributed by atoms with van der Waals surface area (Å²) in [7, 11) is 0. The lowest BCUT2D eigenvalue weighted by Gasteiger charge is -2.22. The minimum atomic E-state index is -0.338. The van der Waals surface area contributed by atoms with Crippen LogP contribution in [0.25, 0.3) is 0 Å². The predicted octanol–water partition coefficient (Wildman–Crippen LogP) is 4.24. The van der Waals surface area contributed by atoms with Crippen molar-refractivity contribution in [1.82, 2.24) is 25.2 Å². The number of nitrogens with zero attached hydrogens (tertiary/aromatic N) is 4. The van der Waals surface area contributed by atoms with E-state index >= 15 is 0 Å². The number of carbonyl (C=O) groups excluding carboxylic acids is 1. The Hall–Kier alpha value is -2.39. The Morgan fingerprint density at radius 1 is 1.20 bits per heavy atom. The predicted molar refractivity (Wildman–Crippen MR) is 113 cm³/mol. The smallest absolute Gasteiger partial charge is 0.243 e. The highest BCUT2D eigenvalue weighted by molar-refractivity contribution is 6.31. The Balaban J connectivity index is 1.44. The van der Waals surface area contributed by atoms with Crippen LogP contribution in [0.1, 0.15) is 64.2 Å². The van der Waals surface area contributed by atoms with E-state index in [4.69, 9.17) is 21.5 Å². The number of anilines is 2. The summed E-state index contributed by atoms with van der Waals surface area (Å²) in [4.78, 5) is 19.6. The Morgan fingerprint density at radius 3 is 2.80 bits per heavy atom. The summed E-state index contributed by atoms with van der Waals surface area (Å²) in [6.45, 7) is 0.783. The SMILES string of the molecule is O=C(CCCCCCn1cc(Nc2ncc(Cl)c(OC3CCCCC3)n2)cn1)NO. The highest BCUT2D eigenvalue weighted by Crippen LogP contribution is 2.28. The molecule has 0 aromatic carbocycles. The van der Waals surface area contributed by atoms with E-state index in [1.807, 2.05) is 10.9 Å². The van der Waals surface area contributed by atoms with Crippen molar-refractivity contribution in [2.24, 2.45) is 0 Å². The van der Waals surface area contributed by atoms with Crippen LogP contribution >= 0.6 is 11.6 Å². The number of rotatable bonds is 11. The molecule has 1 aliphatic rings. The van der Waals surface area contributed by atoms with Crippen molar-refractivity contribution in [2.75, 3.05) is 5.32 Å². The van der Waals surface area contributed by atoms with Crippen LogP contribution < -0.4 is 15.5 Å². The summed E-state index contributed by atoms with van der Waals surface area (Å²) in [6.07, 6.45) is 15.0. The molecule has 0 atom stereocenters. The number of carbonyl (C=O) groups is 1. The third-order valence-corrected chi connectivity index (χ3v) is 5.36. The largest absolute Gasteiger partial charge is 0.473 e. The first kappa shape index (κ1) is 22.3. The molecule has 1 amide bonds. The summed E-state index contributed by atoms with van der Waals surface area (Å²) in [6, 6.07) is 0. The van der Waals surface area contributed by atoms with Crippen molar-refractivity contribution in [1.29, 1.82) is 0 Å². The van der Waals surface area contributed by atoms with E-state index in [-0.39, 0.29) is 12.0 Å². The lowest BCUT2D eigenvalue weighted by Crippen LogP contribution is -2.20. The number of halogens is 1. The molecule has 1 fully saturated rings. The van der Waals surface area contributed by atoms with E-state index in [0.29, 0.717) is 23.3 Å². The number of ether oxygens (including phenoxy) is 1. The highest BCUT2D eigenvalue weighted by atomic mass is 35.5. The second-order valence-corrected chi connectivity index (χ2v) is 7.95. The van der Waals surface area contributed by atoms with E-state index in [2.05, 4.69) is 20.4 Å². The number of unbranched alkanes of at least 4 members (excludes halogenated alkanes) is 3. The van der Waals surface area contributed by atoms with Crippen LogP contribution in [-0.4, -0.2) is 37.0 Å². The number of nitrogens with one attached hydrogen (secondary N) is 2. The molecule has 0 spiro atoms. The van der Waals surface area contributed by atoms with Crippen molar-refractivity contribution in [2.45, 2.75) is 76.9 Å². The fourth-order valence-corrected chi connectivity index (χ4v) is 3.62. The van der Waals surface area contributed by atoms with Crippen molar-refractivity contribution in [3.63, 3.8) is 0 Å². The number of aryl methyl sites for hydroxylation is 1. The van der Waals surface area contributed by atoms with Gasteiger partial charge in [-0.15, -0.1) is 0 Å². The summed E-state index contributed by atoms with van der Waals surface area (Å²) in [5.41, 5.74) is 2.44. The molecule has 3 N–H and O–H groups in total. The number of hydrogen-bond acceptors (Lipinski definition) is 7. The van der Waals surface area contributed by atoms with Crippen molar-refractivity contribution in [3.8, 4) is 5.88 Å². The van der Waals surface area contributed by atoms with Crippen molar-refractivity contribution in [3.05, 3.63) is 23.6 Å². The van der Waals surface area contributed by atoms with Crippen LogP contribution in [0.2, 0.25) is 5.02 Å². The number of hydroxylamine groups is 1. The molecule has 2 aromatic heterocycles. The fraction of sp³-hybridized carbons (Fsp3) is 0.600. The molecule has 0 aliphatic heterocycles. The standard InChI is InChI=1S/C20H29ClN6O3/c21-17-13-22-20(25-19(17)30-16-8-4-3-5-9-16)24-15-12-23-27(14-15)11-7-2-1-6-10-18(28)26-29/h12-14,16,29H,1-11H2,(H,26,28)(H,22,24,25). The highest BCUT2D eigenvalue weighted by Gasteiger charge is 2.18. The molecule has 0 bridgehead atoms. The first-order chi connectivity index (χ1) is 14.6. The fourth-order valence-electron chi connectivity index (χ4n) is 3.48. The van der Waals surface area contributed by atoms with E-state index in [1.54, 1.807) is 17.9 Å². The molecule has 0 saturated heterocycles. The second kappa shape index (κ2) is 11.7. The lowest BCUT2D eigenvalue weighted by molar-refractivity contribution is -0.129. The first-order valence-corrected chi connectivity index (χ1v) is 10.9. The number of amides is 1. The van der Waals surface area contributed by atoms with Gasteiger partial charge in [0.1, 0.15) is 11.1 Å². The maximum Gasteiger partial charge on any atom is 0.243 e. The molecule has 1 aliphatic carbocycles. The number of hydrogen-bond donors (Lipinski definition) is 3. The molecule has 9 nitrogen and oxygen atoms in total. The maximum atomic E-state index is 11.0. The molecule has 1 saturated carbocycles. The average molecular weight is 437 g/mol. The number of aromatic nitrogens is 4. The monoisotopic (exact) mass is 436 g/mol. The van der Waals surface area contributed by atoms with Gasteiger partial charge in [-0.25, -0.2) is 10.5 Å². The third kappa shape index (κ3) is 7.14. The van der Waals surface area contributed by atoms with Gasteiger partial charge in [0.2, 0.25) is 17.7 Å². The van der Waals surface area contributed by atoms with Crippen LogP contribution in [0.3, 0.4) is 0 Å². The molecule has 3 rings (SSSR count). The Morgan fingerprint density at radius 2 is 2.00 bits per heavy atom. The quantitative estimate of drug-likeness (QED) is 0.274. The molecule has 0 radical (unpaired) electrons. The summed E-state index contributed by atoms with van der Waals surface area (Å²) >= 11 is 6.21. The maximum absolute atomic E-state index is 11.0. The van der Waals surface area contributed by atoms with Crippen molar-refractivity contribution >= 4 is 29.1 Å². The Bertz CT molecular complexity index is 810. The van der Waals surface area contributed by atoms with Crippen LogP contribution in [0.15, 0.2) is 18.6 Å². The zero-order chi connectivity index (χ0) is 21.2. The van der Waals surface area contributed by atoms with Crippen LogP contribution in [0.5, 0.6) is 5.88 Å². The van der Waals surface area contributed by atoms with Crippen LogP contribution in [-0.2, 0) is 11.3 Å². The van der Waals surface area contributed by atoms with Gasteiger partial charge in [0.05, 0.1) is 18.1 Å². The van der Waals surface area contributed by atoms with Crippen LogP contribution in [0.4, 0.5) is 11.6 Å². The lowest BCUT2D eigenvalue weighted by atomic mass is 9.98. The molecule has 10 heteroatoms. The first-order valence-electron chi connectivity index (χ1n) is 10.6. The minimum absolute atomic E-state index is 0.166. The van der Waals surface area contributed by atoms with E-state index in [1.165, 1.54) is 19.3 Å². The second-order valence-electron chi connectivity index (χ2n) is 7.54. The van der Waals surface area contributed by atoms with Gasteiger partial charge in [0, 0.05) is 19.2 Å². The van der Waals surface area contributed by atoms with Gasteiger partial charge in [0.15, 0.2) is 0 Å². The normalized spacial score (nSPS) is 14.5. The van der Waals surface area contributed by atoms with Gasteiger partial charge in [0.25, 0.3) is 0 Å². The average Bonchev–Trinajstić information content (AvgIpc) is 3.20. The Kier molecular flexibility index (Phi) is 8.70. The topological polar surface area (TPSA) is 114 Å². The molecular weight excluding hydrogens is 408 g/mol. The molecule has 2 aromatic rings.